The Bertz CT molecular complexity index is 617. The van der Waals surface area contributed by atoms with Crippen LogP contribution in [0.15, 0.2) is 27.1 Å². The summed E-state index contributed by atoms with van der Waals surface area (Å²) >= 11 is 1.18. The van der Waals surface area contributed by atoms with Gasteiger partial charge in [-0.25, -0.2) is 13.1 Å². The van der Waals surface area contributed by atoms with Crippen molar-refractivity contribution >= 4 is 21.4 Å². The van der Waals surface area contributed by atoms with Gasteiger partial charge >= 0.3 is 0 Å². The predicted octanol–water partition coefficient (Wildman–Crippen LogP) is 0.982. The van der Waals surface area contributed by atoms with Gasteiger partial charge in [0.25, 0.3) is 0 Å². The van der Waals surface area contributed by atoms with E-state index in [1.165, 1.54) is 17.5 Å². The molecule has 2 heterocycles. The molecule has 0 amide bonds. The van der Waals surface area contributed by atoms with Crippen LogP contribution in [0.5, 0.6) is 0 Å². The Kier molecular flexibility index (Phi) is 3.81. The highest BCUT2D eigenvalue weighted by molar-refractivity contribution is 7.91. The highest BCUT2D eigenvalue weighted by Crippen LogP contribution is 2.25. The minimum Gasteiger partial charge on any atom is -0.360 e. The van der Waals surface area contributed by atoms with E-state index in [0.29, 0.717) is 12.3 Å². The molecular weight excluding hydrogens is 274 g/mol. The van der Waals surface area contributed by atoms with E-state index in [4.69, 9.17) is 10.3 Å². The number of aryl methyl sites for hydroxylation is 1. The molecule has 0 unspecified atom stereocenters. The van der Waals surface area contributed by atoms with Crippen molar-refractivity contribution in [2.45, 2.75) is 24.2 Å². The molecule has 8 heteroatoms. The van der Waals surface area contributed by atoms with Gasteiger partial charge in [-0.1, -0.05) is 5.16 Å². The molecule has 3 N–H and O–H groups in total. The molecule has 2 aromatic heterocycles. The first-order valence-electron chi connectivity index (χ1n) is 5.21. The van der Waals surface area contributed by atoms with Crippen LogP contribution in [0, 0.1) is 6.92 Å². The zero-order valence-electron chi connectivity index (χ0n) is 9.71. The van der Waals surface area contributed by atoms with Crippen LogP contribution < -0.4 is 10.5 Å². The summed E-state index contributed by atoms with van der Waals surface area (Å²) in [5.74, 6) is 0.464. The quantitative estimate of drug-likeness (QED) is 0.854. The van der Waals surface area contributed by atoms with E-state index in [9.17, 15) is 8.42 Å². The summed E-state index contributed by atoms with van der Waals surface area (Å²) in [7, 11) is -3.52. The van der Waals surface area contributed by atoms with Crippen molar-refractivity contribution in [3.63, 3.8) is 0 Å². The van der Waals surface area contributed by atoms with Crippen LogP contribution in [0.3, 0.4) is 0 Å². The average molecular weight is 287 g/mol. The SMILES string of the molecule is Cc1cc(S(=O)(=O)NCc2ccno2)sc1CN. The summed E-state index contributed by atoms with van der Waals surface area (Å²) < 4.78 is 31.5. The lowest BCUT2D eigenvalue weighted by molar-refractivity contribution is 0.380. The van der Waals surface area contributed by atoms with E-state index in [0.717, 1.165) is 10.4 Å². The van der Waals surface area contributed by atoms with Crippen molar-refractivity contribution in [3.05, 3.63) is 34.5 Å². The summed E-state index contributed by atoms with van der Waals surface area (Å²) in [4.78, 5) is 0.870. The van der Waals surface area contributed by atoms with Gasteiger partial charge in [0.15, 0.2) is 5.76 Å². The van der Waals surface area contributed by atoms with Gasteiger partial charge in [-0.3, -0.25) is 0 Å². The normalized spacial score (nSPS) is 11.9. The van der Waals surface area contributed by atoms with Gasteiger partial charge < -0.3 is 10.3 Å². The Balaban J connectivity index is 2.14. The molecule has 2 rings (SSSR count). The molecule has 0 aliphatic carbocycles. The molecule has 0 fully saturated rings. The lowest BCUT2D eigenvalue weighted by atomic mass is 10.3. The molecule has 0 radical (unpaired) electrons. The first-order chi connectivity index (χ1) is 8.53. The number of hydrogen-bond donors (Lipinski definition) is 2. The zero-order chi connectivity index (χ0) is 13.2. The monoisotopic (exact) mass is 287 g/mol. The second-order valence-electron chi connectivity index (χ2n) is 3.68. The zero-order valence-corrected chi connectivity index (χ0v) is 11.3. The third kappa shape index (κ3) is 2.78. The maximum absolute atomic E-state index is 12.0. The van der Waals surface area contributed by atoms with Gasteiger partial charge in [0, 0.05) is 17.5 Å². The molecule has 6 nitrogen and oxygen atoms in total. The molecule has 0 spiro atoms. The second kappa shape index (κ2) is 5.19. The second-order valence-corrected chi connectivity index (χ2v) is 6.81. The number of hydrogen-bond acceptors (Lipinski definition) is 6. The molecule has 0 aliphatic rings. The van der Waals surface area contributed by atoms with Gasteiger partial charge in [-0.15, -0.1) is 11.3 Å². The van der Waals surface area contributed by atoms with Crippen LogP contribution in [0.4, 0.5) is 0 Å². The van der Waals surface area contributed by atoms with E-state index in [1.807, 2.05) is 6.92 Å². The van der Waals surface area contributed by atoms with Crippen molar-refractivity contribution in [1.82, 2.24) is 9.88 Å². The molecule has 0 saturated heterocycles. The van der Waals surface area contributed by atoms with Gasteiger partial charge in [0.05, 0.1) is 12.7 Å². The molecule has 0 aromatic carbocycles. The standard InChI is InChI=1S/C10H13N3O3S2/c1-7-4-10(17-9(7)5-11)18(14,15)13-6-8-2-3-12-16-8/h2-4,13H,5-6,11H2,1H3. The van der Waals surface area contributed by atoms with Crippen LogP contribution in [0.1, 0.15) is 16.2 Å². The van der Waals surface area contributed by atoms with E-state index in [1.54, 1.807) is 12.1 Å². The average Bonchev–Trinajstić information content (AvgIpc) is 2.95. The van der Waals surface area contributed by atoms with Crippen molar-refractivity contribution in [2.75, 3.05) is 0 Å². The van der Waals surface area contributed by atoms with Gasteiger partial charge in [0.2, 0.25) is 10.0 Å². The number of nitrogens with zero attached hydrogens (tertiary/aromatic N) is 1. The number of rotatable bonds is 5. The van der Waals surface area contributed by atoms with Crippen LogP contribution in [-0.4, -0.2) is 13.6 Å². The number of sulfonamides is 1. The molecular formula is C10H13N3O3S2. The largest absolute Gasteiger partial charge is 0.360 e. The molecule has 2 aromatic rings. The summed E-state index contributed by atoms with van der Waals surface area (Å²) in [6.45, 7) is 2.26. The van der Waals surface area contributed by atoms with Crippen molar-refractivity contribution in [3.8, 4) is 0 Å². The topological polar surface area (TPSA) is 98.2 Å². The van der Waals surface area contributed by atoms with Crippen LogP contribution in [0.2, 0.25) is 0 Å². The fraction of sp³-hybridized carbons (Fsp3) is 0.300. The fourth-order valence-electron chi connectivity index (χ4n) is 1.39. The molecule has 98 valence electrons. The number of nitrogens with one attached hydrogen (secondary N) is 1. The Morgan fingerprint density at radius 2 is 2.33 bits per heavy atom. The van der Waals surface area contributed by atoms with Crippen molar-refractivity contribution < 1.29 is 12.9 Å². The Hall–Kier alpha value is -1.22. The Morgan fingerprint density at radius 1 is 1.56 bits per heavy atom. The predicted molar refractivity (Wildman–Crippen MR) is 67.5 cm³/mol. The maximum atomic E-state index is 12.0. The first-order valence-corrected chi connectivity index (χ1v) is 7.51. The molecule has 0 atom stereocenters. The van der Waals surface area contributed by atoms with Crippen LogP contribution in [0.25, 0.3) is 0 Å². The summed E-state index contributed by atoms with van der Waals surface area (Å²) in [6, 6.07) is 3.23. The van der Waals surface area contributed by atoms with E-state index in [-0.39, 0.29) is 10.8 Å². The number of thiophene rings is 1. The maximum Gasteiger partial charge on any atom is 0.250 e. The highest BCUT2D eigenvalue weighted by Gasteiger charge is 2.18. The summed E-state index contributed by atoms with van der Waals surface area (Å²) in [6.07, 6.45) is 1.46. The fourth-order valence-corrected chi connectivity index (χ4v) is 3.90. The third-order valence-corrected chi connectivity index (χ3v) is 5.51. The Morgan fingerprint density at radius 3 is 2.89 bits per heavy atom. The summed E-state index contributed by atoms with van der Waals surface area (Å²) in [5, 5.41) is 3.50. The van der Waals surface area contributed by atoms with Gasteiger partial charge in [-0.2, -0.15) is 0 Å². The third-order valence-electron chi connectivity index (χ3n) is 2.38. The lowest BCUT2D eigenvalue weighted by Gasteiger charge is -2.01. The summed E-state index contributed by atoms with van der Waals surface area (Å²) in [5.41, 5.74) is 6.42. The lowest BCUT2D eigenvalue weighted by Crippen LogP contribution is -2.22. The number of nitrogens with two attached hydrogens (primary N) is 1. The molecule has 18 heavy (non-hydrogen) atoms. The smallest absolute Gasteiger partial charge is 0.250 e. The van der Waals surface area contributed by atoms with Crippen LogP contribution in [-0.2, 0) is 23.1 Å². The molecule has 0 bridgehead atoms. The van der Waals surface area contributed by atoms with E-state index >= 15 is 0 Å². The van der Waals surface area contributed by atoms with E-state index in [2.05, 4.69) is 9.88 Å². The first kappa shape index (κ1) is 13.2. The molecule has 0 aliphatic heterocycles. The van der Waals surface area contributed by atoms with Crippen LogP contribution >= 0.6 is 11.3 Å². The van der Waals surface area contributed by atoms with Gasteiger partial charge in [-0.05, 0) is 18.6 Å². The van der Waals surface area contributed by atoms with Crippen molar-refractivity contribution in [2.24, 2.45) is 5.73 Å². The van der Waals surface area contributed by atoms with Crippen molar-refractivity contribution in [1.29, 1.82) is 0 Å². The van der Waals surface area contributed by atoms with Gasteiger partial charge in [0.1, 0.15) is 4.21 Å². The molecule has 0 saturated carbocycles. The number of aromatic nitrogens is 1. The Labute approximate surface area is 109 Å². The minimum absolute atomic E-state index is 0.0806. The highest BCUT2D eigenvalue weighted by atomic mass is 32.2. The van der Waals surface area contributed by atoms with E-state index < -0.39 is 10.0 Å². The minimum atomic E-state index is -3.52.